The molecule has 0 saturated carbocycles. The summed E-state index contributed by atoms with van der Waals surface area (Å²) < 4.78 is 0. The van der Waals surface area contributed by atoms with Gasteiger partial charge >= 0.3 is 0 Å². The van der Waals surface area contributed by atoms with E-state index in [1.54, 1.807) is 13.8 Å². The van der Waals surface area contributed by atoms with E-state index in [1.807, 2.05) is 30.3 Å². The van der Waals surface area contributed by atoms with Crippen molar-refractivity contribution in [3.05, 3.63) is 35.9 Å². The molecule has 0 spiro atoms. The predicted molar refractivity (Wildman–Crippen MR) is 90.8 cm³/mol. The molecule has 2 rings (SSSR count). The molecule has 0 aliphatic carbocycles. The molecule has 130 valence electrons. The lowest BCUT2D eigenvalue weighted by molar-refractivity contribution is -0.178. The fourth-order valence-corrected chi connectivity index (χ4v) is 3.08. The first-order valence-electron chi connectivity index (χ1n) is 7.67. The second-order valence-corrected chi connectivity index (χ2v) is 6.41. The van der Waals surface area contributed by atoms with E-state index in [0.717, 1.165) is 10.5 Å². The van der Waals surface area contributed by atoms with Crippen molar-refractivity contribution in [3.63, 3.8) is 0 Å². The fourth-order valence-electron chi connectivity index (χ4n) is 2.71. The average molecular weight is 351 g/mol. The summed E-state index contributed by atoms with van der Waals surface area (Å²) in [7, 11) is 0. The lowest BCUT2D eigenvalue weighted by atomic mass is 9.96. The molecule has 1 aromatic rings. The Bertz CT molecular complexity index is 637. The van der Waals surface area contributed by atoms with Crippen LogP contribution in [0.3, 0.4) is 0 Å². The first kappa shape index (κ1) is 18.3. The summed E-state index contributed by atoms with van der Waals surface area (Å²) in [5.74, 6) is -2.27. The van der Waals surface area contributed by atoms with Gasteiger partial charge in [0.25, 0.3) is 11.8 Å². The Hall–Kier alpha value is -2.03. The molecule has 0 radical (unpaired) electrons. The van der Waals surface area contributed by atoms with E-state index in [1.165, 1.54) is 5.48 Å². The first-order chi connectivity index (χ1) is 11.3. The zero-order chi connectivity index (χ0) is 17.9. The molecule has 1 fully saturated rings. The van der Waals surface area contributed by atoms with E-state index in [4.69, 9.17) is 17.4 Å². The highest BCUT2D eigenvalue weighted by Crippen LogP contribution is 2.27. The maximum Gasteiger partial charge on any atom is 0.297 e. The largest absolute Gasteiger partial charge is 0.362 e. The van der Waals surface area contributed by atoms with Gasteiger partial charge in [-0.2, -0.15) is 0 Å². The van der Waals surface area contributed by atoms with Crippen molar-refractivity contribution in [2.75, 3.05) is 0 Å². The van der Waals surface area contributed by atoms with Crippen molar-refractivity contribution in [2.24, 2.45) is 5.92 Å². The minimum Gasteiger partial charge on any atom is -0.362 e. The summed E-state index contributed by atoms with van der Waals surface area (Å²) in [4.78, 5) is 25.5. The molecule has 8 heteroatoms. The number of benzene rings is 1. The van der Waals surface area contributed by atoms with Gasteiger partial charge in [0.15, 0.2) is 5.11 Å². The highest BCUT2D eigenvalue weighted by Gasteiger charge is 2.54. The van der Waals surface area contributed by atoms with Gasteiger partial charge in [-0.1, -0.05) is 44.2 Å². The quantitative estimate of drug-likeness (QED) is 0.339. The molecule has 24 heavy (non-hydrogen) atoms. The van der Waals surface area contributed by atoms with Crippen LogP contribution in [0.2, 0.25) is 0 Å². The predicted octanol–water partition coefficient (Wildman–Crippen LogP) is 0.555. The van der Waals surface area contributed by atoms with Gasteiger partial charge in [0.2, 0.25) is 5.72 Å². The Labute approximate surface area is 145 Å². The molecule has 2 amide bonds. The van der Waals surface area contributed by atoms with Crippen molar-refractivity contribution >= 4 is 29.1 Å². The molecule has 1 heterocycles. The lowest BCUT2D eigenvalue weighted by Gasteiger charge is -2.36. The minimum absolute atomic E-state index is 0.0298. The van der Waals surface area contributed by atoms with E-state index in [0.29, 0.717) is 12.8 Å². The van der Waals surface area contributed by atoms with Gasteiger partial charge in [-0.25, -0.2) is 10.4 Å². The van der Waals surface area contributed by atoms with Gasteiger partial charge < -0.3 is 10.4 Å². The van der Waals surface area contributed by atoms with Crippen LogP contribution in [0.1, 0.15) is 25.8 Å². The van der Waals surface area contributed by atoms with Crippen LogP contribution in [0.15, 0.2) is 30.3 Å². The van der Waals surface area contributed by atoms with Crippen LogP contribution in [0.5, 0.6) is 0 Å². The first-order valence-corrected chi connectivity index (χ1v) is 8.08. The van der Waals surface area contributed by atoms with E-state index in [2.05, 4.69) is 5.32 Å². The van der Waals surface area contributed by atoms with Crippen LogP contribution in [-0.4, -0.2) is 43.9 Å². The topological polar surface area (TPSA) is 102 Å². The third-order valence-electron chi connectivity index (χ3n) is 4.17. The smallest absolute Gasteiger partial charge is 0.297 e. The number of thiocarbonyl (C=S) groups is 1. The molecule has 7 nitrogen and oxygen atoms in total. The summed E-state index contributed by atoms with van der Waals surface area (Å²) in [6.07, 6.45) is 1.11. The van der Waals surface area contributed by atoms with Crippen LogP contribution in [0, 0.1) is 5.92 Å². The minimum atomic E-state index is -2.25. The van der Waals surface area contributed by atoms with Crippen LogP contribution in [0.25, 0.3) is 0 Å². The summed E-state index contributed by atoms with van der Waals surface area (Å²) in [6.45, 7) is 3.12. The number of aliphatic hydroxyl groups is 1. The summed E-state index contributed by atoms with van der Waals surface area (Å²) >= 11 is 5.13. The highest BCUT2D eigenvalue weighted by molar-refractivity contribution is 7.80. The monoisotopic (exact) mass is 351 g/mol. The Morgan fingerprint density at radius 2 is 2.04 bits per heavy atom. The molecular formula is C16H21N3O4S. The molecule has 4 N–H and O–H groups in total. The third-order valence-corrected chi connectivity index (χ3v) is 4.47. The van der Waals surface area contributed by atoms with Crippen LogP contribution in [-0.2, 0) is 16.0 Å². The highest BCUT2D eigenvalue weighted by atomic mass is 32.1. The molecule has 1 aliphatic heterocycles. The Balaban J connectivity index is 2.17. The summed E-state index contributed by atoms with van der Waals surface area (Å²) in [5, 5.41) is 22.4. The Kier molecular flexibility index (Phi) is 5.53. The number of rotatable bonds is 6. The molecule has 1 aliphatic rings. The van der Waals surface area contributed by atoms with Crippen LogP contribution in [0.4, 0.5) is 0 Å². The molecule has 0 bridgehead atoms. The third kappa shape index (κ3) is 3.26. The van der Waals surface area contributed by atoms with Crippen LogP contribution < -0.4 is 10.8 Å². The van der Waals surface area contributed by atoms with E-state index in [-0.39, 0.29) is 5.11 Å². The number of aryl methyl sites for hydroxylation is 1. The average Bonchev–Trinajstić information content (AvgIpc) is 2.86. The van der Waals surface area contributed by atoms with Crippen molar-refractivity contribution in [3.8, 4) is 0 Å². The normalized spacial score (nSPS) is 20.0. The number of nitrogens with one attached hydrogen (secondary N) is 2. The Morgan fingerprint density at radius 3 is 2.58 bits per heavy atom. The second kappa shape index (κ2) is 7.25. The van der Waals surface area contributed by atoms with Crippen molar-refractivity contribution in [1.82, 2.24) is 15.7 Å². The number of carbonyl (C=O) groups is 2. The van der Waals surface area contributed by atoms with Crippen molar-refractivity contribution < 1.29 is 19.9 Å². The van der Waals surface area contributed by atoms with Crippen molar-refractivity contribution in [1.29, 1.82) is 0 Å². The van der Waals surface area contributed by atoms with Gasteiger partial charge in [-0.15, -0.1) is 0 Å². The number of hydroxylamine groups is 1. The van der Waals surface area contributed by atoms with Gasteiger partial charge in [0.1, 0.15) is 6.04 Å². The van der Waals surface area contributed by atoms with Gasteiger partial charge in [0, 0.05) is 5.92 Å². The number of hydrogen-bond acceptors (Lipinski definition) is 5. The van der Waals surface area contributed by atoms with Gasteiger partial charge in [-0.3, -0.25) is 14.8 Å². The molecule has 1 aromatic carbocycles. The SMILES string of the molecule is CC(C)C(O)(C(=O)NO)N1C(=O)C(CCc2ccccc2)NC1=S. The molecule has 2 unspecified atom stereocenters. The summed E-state index contributed by atoms with van der Waals surface area (Å²) in [5.41, 5.74) is 0.228. The second-order valence-electron chi connectivity index (χ2n) is 6.02. The number of amides is 2. The van der Waals surface area contributed by atoms with Crippen LogP contribution >= 0.6 is 12.2 Å². The summed E-state index contributed by atoms with van der Waals surface area (Å²) in [6, 6.07) is 9.03. The number of hydrogen-bond donors (Lipinski definition) is 4. The zero-order valence-electron chi connectivity index (χ0n) is 13.5. The van der Waals surface area contributed by atoms with Gasteiger partial charge in [-0.05, 0) is 30.6 Å². The number of carbonyl (C=O) groups excluding carboxylic acids is 2. The van der Waals surface area contributed by atoms with E-state index < -0.39 is 29.5 Å². The molecule has 2 atom stereocenters. The van der Waals surface area contributed by atoms with E-state index >= 15 is 0 Å². The standard InChI is InChI=1S/C16H21N3O4S/c1-10(2)16(22,14(21)18-23)19-13(20)12(17-15(19)24)9-8-11-6-4-3-5-7-11/h3-7,10,12,22-23H,8-9H2,1-2H3,(H,17,24)(H,18,21). The molecular weight excluding hydrogens is 330 g/mol. The maximum absolute atomic E-state index is 12.7. The van der Waals surface area contributed by atoms with E-state index in [9.17, 15) is 14.7 Å². The molecule has 1 saturated heterocycles. The fraction of sp³-hybridized carbons (Fsp3) is 0.438. The van der Waals surface area contributed by atoms with Gasteiger partial charge in [0.05, 0.1) is 0 Å². The molecule has 0 aromatic heterocycles. The van der Waals surface area contributed by atoms with Crippen molar-refractivity contribution in [2.45, 2.75) is 38.5 Å². The Morgan fingerprint density at radius 1 is 1.42 bits per heavy atom. The lowest BCUT2D eigenvalue weighted by Crippen LogP contribution is -2.63. The number of nitrogens with zero attached hydrogens (tertiary/aromatic N) is 1. The zero-order valence-corrected chi connectivity index (χ0v) is 14.3. The maximum atomic E-state index is 12.7.